The lowest BCUT2D eigenvalue weighted by Crippen LogP contribution is -2.27. The first-order valence-corrected chi connectivity index (χ1v) is 7.31. The van der Waals surface area contributed by atoms with E-state index in [2.05, 4.69) is 60.5 Å². The van der Waals surface area contributed by atoms with Gasteiger partial charge in [0, 0.05) is 17.5 Å². The normalized spacial score (nSPS) is 11.4. The monoisotopic (exact) mass is 275 g/mol. The van der Waals surface area contributed by atoms with Crippen LogP contribution in [-0.4, -0.2) is 17.6 Å². The number of nitrogens with zero attached hydrogens (tertiary/aromatic N) is 2. The van der Waals surface area contributed by atoms with Gasteiger partial charge in [-0.2, -0.15) is 0 Å². The first-order chi connectivity index (χ1) is 8.94. The Balaban J connectivity index is 2.09. The van der Waals surface area contributed by atoms with Gasteiger partial charge in [-0.15, -0.1) is 11.3 Å². The maximum Gasteiger partial charge on any atom is 0.131 e. The Bertz CT molecular complexity index is 514. The van der Waals surface area contributed by atoms with Crippen LogP contribution in [0.5, 0.6) is 0 Å². The van der Waals surface area contributed by atoms with Crippen LogP contribution in [0.15, 0.2) is 35.7 Å². The smallest absolute Gasteiger partial charge is 0.131 e. The van der Waals surface area contributed by atoms with Crippen LogP contribution in [0.25, 0.3) is 0 Å². The summed E-state index contributed by atoms with van der Waals surface area (Å²) in [6.45, 7) is 7.30. The Hall–Kier alpha value is -1.55. The average Bonchev–Trinajstić information content (AvgIpc) is 2.80. The molecule has 2 aromatic heterocycles. The molecule has 0 atom stereocenters. The fourth-order valence-electron chi connectivity index (χ4n) is 1.81. The van der Waals surface area contributed by atoms with Gasteiger partial charge in [0.2, 0.25) is 0 Å². The Kier molecular flexibility index (Phi) is 4.10. The van der Waals surface area contributed by atoms with Gasteiger partial charge in [0.25, 0.3) is 0 Å². The molecule has 0 unspecified atom stereocenters. The summed E-state index contributed by atoms with van der Waals surface area (Å²) < 4.78 is 0. The zero-order valence-electron chi connectivity index (χ0n) is 12.0. The van der Waals surface area contributed by atoms with Crippen molar-refractivity contribution in [1.82, 2.24) is 4.98 Å². The standard InChI is InChI=1S/C15H21N3S/c1-15(2,3)17-13-8-5-9-14(16-13)18(4)11-12-7-6-10-19-12/h5-10H,11H2,1-4H3,(H,16,17). The van der Waals surface area contributed by atoms with Crippen LogP contribution in [0.3, 0.4) is 0 Å². The Morgan fingerprint density at radius 1 is 1.21 bits per heavy atom. The number of hydrogen-bond donors (Lipinski definition) is 1. The molecule has 0 bridgehead atoms. The number of anilines is 2. The molecule has 2 heterocycles. The molecule has 0 fully saturated rings. The van der Waals surface area contributed by atoms with Crippen molar-refractivity contribution in [3.63, 3.8) is 0 Å². The summed E-state index contributed by atoms with van der Waals surface area (Å²) >= 11 is 1.78. The van der Waals surface area contributed by atoms with Gasteiger partial charge in [-0.05, 0) is 44.4 Å². The molecule has 0 aliphatic heterocycles. The number of rotatable bonds is 4. The number of pyridine rings is 1. The highest BCUT2D eigenvalue weighted by atomic mass is 32.1. The SMILES string of the molecule is CN(Cc1cccs1)c1cccc(NC(C)(C)C)n1. The largest absolute Gasteiger partial charge is 0.365 e. The van der Waals surface area contributed by atoms with E-state index < -0.39 is 0 Å². The highest BCUT2D eigenvalue weighted by Gasteiger charge is 2.11. The van der Waals surface area contributed by atoms with Crippen LogP contribution in [0.2, 0.25) is 0 Å². The molecule has 0 amide bonds. The molecule has 0 aliphatic carbocycles. The summed E-state index contributed by atoms with van der Waals surface area (Å²) in [6.07, 6.45) is 0. The zero-order chi connectivity index (χ0) is 13.9. The molecule has 0 radical (unpaired) electrons. The summed E-state index contributed by atoms with van der Waals surface area (Å²) in [7, 11) is 2.07. The lowest BCUT2D eigenvalue weighted by atomic mass is 10.1. The van der Waals surface area contributed by atoms with Gasteiger partial charge in [0.15, 0.2) is 0 Å². The second-order valence-electron chi connectivity index (χ2n) is 5.69. The second-order valence-corrected chi connectivity index (χ2v) is 6.72. The van der Waals surface area contributed by atoms with Crippen molar-refractivity contribution in [2.75, 3.05) is 17.3 Å². The molecular formula is C15H21N3S. The third-order valence-corrected chi connectivity index (χ3v) is 3.46. The first kappa shape index (κ1) is 13.9. The Morgan fingerprint density at radius 3 is 2.63 bits per heavy atom. The van der Waals surface area contributed by atoms with Crippen molar-refractivity contribution in [1.29, 1.82) is 0 Å². The van der Waals surface area contributed by atoms with Gasteiger partial charge < -0.3 is 10.2 Å². The summed E-state index contributed by atoms with van der Waals surface area (Å²) in [6, 6.07) is 10.3. The van der Waals surface area contributed by atoms with E-state index in [4.69, 9.17) is 0 Å². The van der Waals surface area contributed by atoms with E-state index in [0.29, 0.717) is 0 Å². The van der Waals surface area contributed by atoms with Crippen LogP contribution in [0, 0.1) is 0 Å². The van der Waals surface area contributed by atoms with E-state index in [9.17, 15) is 0 Å². The molecule has 0 aromatic carbocycles. The molecular weight excluding hydrogens is 254 g/mol. The van der Waals surface area contributed by atoms with E-state index in [0.717, 1.165) is 18.2 Å². The van der Waals surface area contributed by atoms with Gasteiger partial charge in [0.1, 0.15) is 11.6 Å². The minimum atomic E-state index is 0.0257. The van der Waals surface area contributed by atoms with Crippen LogP contribution in [-0.2, 0) is 6.54 Å². The predicted octanol–water partition coefficient (Wildman–Crippen LogP) is 3.99. The topological polar surface area (TPSA) is 28.2 Å². The predicted molar refractivity (Wildman–Crippen MR) is 84.0 cm³/mol. The number of nitrogens with one attached hydrogen (secondary N) is 1. The molecule has 0 saturated carbocycles. The van der Waals surface area contributed by atoms with Crippen molar-refractivity contribution in [3.8, 4) is 0 Å². The number of aromatic nitrogens is 1. The van der Waals surface area contributed by atoms with Gasteiger partial charge in [-0.3, -0.25) is 0 Å². The highest BCUT2D eigenvalue weighted by molar-refractivity contribution is 7.09. The fraction of sp³-hybridized carbons (Fsp3) is 0.400. The molecule has 0 spiro atoms. The van der Waals surface area contributed by atoms with Crippen molar-refractivity contribution < 1.29 is 0 Å². The molecule has 102 valence electrons. The first-order valence-electron chi connectivity index (χ1n) is 6.43. The maximum atomic E-state index is 4.66. The summed E-state index contributed by atoms with van der Waals surface area (Å²) in [5.74, 6) is 1.91. The van der Waals surface area contributed by atoms with Crippen LogP contribution in [0.4, 0.5) is 11.6 Å². The molecule has 19 heavy (non-hydrogen) atoms. The average molecular weight is 275 g/mol. The molecule has 3 nitrogen and oxygen atoms in total. The van der Waals surface area contributed by atoms with Crippen LogP contribution < -0.4 is 10.2 Å². The lowest BCUT2D eigenvalue weighted by Gasteiger charge is -2.23. The zero-order valence-corrected chi connectivity index (χ0v) is 12.8. The van der Waals surface area contributed by atoms with Crippen molar-refractivity contribution in [2.45, 2.75) is 32.9 Å². The number of thiophene rings is 1. The van der Waals surface area contributed by atoms with Gasteiger partial charge in [0.05, 0.1) is 6.54 Å². The molecule has 2 rings (SSSR count). The van der Waals surface area contributed by atoms with Gasteiger partial charge >= 0.3 is 0 Å². The minimum Gasteiger partial charge on any atom is -0.365 e. The summed E-state index contributed by atoms with van der Waals surface area (Å²) in [5.41, 5.74) is 0.0257. The molecule has 0 aliphatic rings. The lowest BCUT2D eigenvalue weighted by molar-refractivity contribution is 0.630. The van der Waals surface area contributed by atoms with Crippen molar-refractivity contribution in [2.24, 2.45) is 0 Å². The molecule has 2 aromatic rings. The van der Waals surface area contributed by atoms with Crippen LogP contribution in [0.1, 0.15) is 25.6 Å². The van der Waals surface area contributed by atoms with E-state index in [1.54, 1.807) is 11.3 Å². The van der Waals surface area contributed by atoms with Gasteiger partial charge in [-0.1, -0.05) is 12.1 Å². The van der Waals surface area contributed by atoms with Crippen molar-refractivity contribution >= 4 is 23.0 Å². The molecule has 4 heteroatoms. The molecule has 0 saturated heterocycles. The third kappa shape index (κ3) is 4.24. The van der Waals surface area contributed by atoms with Gasteiger partial charge in [-0.25, -0.2) is 4.98 Å². The maximum absolute atomic E-state index is 4.66. The number of hydrogen-bond acceptors (Lipinski definition) is 4. The third-order valence-electron chi connectivity index (χ3n) is 2.60. The van der Waals surface area contributed by atoms with E-state index in [1.165, 1.54) is 4.88 Å². The second kappa shape index (κ2) is 5.61. The van der Waals surface area contributed by atoms with E-state index in [1.807, 2.05) is 18.2 Å². The van der Waals surface area contributed by atoms with Crippen LogP contribution >= 0.6 is 11.3 Å². The van der Waals surface area contributed by atoms with E-state index >= 15 is 0 Å². The fourth-order valence-corrected chi connectivity index (χ4v) is 2.56. The Labute approximate surface area is 119 Å². The summed E-state index contributed by atoms with van der Waals surface area (Å²) in [5, 5.41) is 5.51. The quantitative estimate of drug-likeness (QED) is 0.914. The van der Waals surface area contributed by atoms with Crippen molar-refractivity contribution in [3.05, 3.63) is 40.6 Å². The summed E-state index contributed by atoms with van der Waals surface area (Å²) in [4.78, 5) is 8.17. The molecule has 1 N–H and O–H groups in total. The minimum absolute atomic E-state index is 0.0257. The van der Waals surface area contributed by atoms with E-state index in [-0.39, 0.29) is 5.54 Å². The highest BCUT2D eigenvalue weighted by Crippen LogP contribution is 2.19. The Morgan fingerprint density at radius 2 is 2.00 bits per heavy atom.